The van der Waals surface area contributed by atoms with E-state index >= 15 is 0 Å². The van der Waals surface area contributed by atoms with Gasteiger partial charge in [0.1, 0.15) is 11.4 Å². The molecule has 4 nitrogen and oxygen atoms in total. The predicted octanol–water partition coefficient (Wildman–Crippen LogP) is 0.981. The van der Waals surface area contributed by atoms with Gasteiger partial charge in [0.15, 0.2) is 0 Å². The van der Waals surface area contributed by atoms with Crippen molar-refractivity contribution < 1.29 is 4.79 Å². The van der Waals surface area contributed by atoms with Crippen LogP contribution in [0, 0.1) is 18.3 Å². The summed E-state index contributed by atoms with van der Waals surface area (Å²) in [5.74, 6) is -0.254. The summed E-state index contributed by atoms with van der Waals surface area (Å²) in [6.45, 7) is 2.37. The molecule has 0 aliphatic carbocycles. The van der Waals surface area contributed by atoms with Crippen LogP contribution < -0.4 is 5.32 Å². The minimum atomic E-state index is -0.254. The minimum absolute atomic E-state index is 0.0929. The summed E-state index contributed by atoms with van der Waals surface area (Å²) in [6.07, 6.45) is 1.67. The highest BCUT2D eigenvalue weighted by Gasteiger charge is 2.01. The molecule has 0 aromatic carbocycles. The number of thiazole rings is 1. The second-order valence-electron chi connectivity index (χ2n) is 2.48. The highest BCUT2D eigenvalue weighted by molar-refractivity contribution is 7.11. The van der Waals surface area contributed by atoms with Crippen LogP contribution >= 0.6 is 11.3 Å². The second-order valence-corrected chi connectivity index (χ2v) is 3.80. The summed E-state index contributed by atoms with van der Waals surface area (Å²) in [6, 6.07) is 1.78. The lowest BCUT2D eigenvalue weighted by molar-refractivity contribution is -0.120. The molecule has 0 bridgehead atoms. The summed E-state index contributed by atoms with van der Waals surface area (Å²) >= 11 is 1.54. The molecule has 0 saturated heterocycles. The maximum Gasteiger partial charge on any atom is 0.234 e. The van der Waals surface area contributed by atoms with Crippen LogP contribution in [-0.4, -0.2) is 10.9 Å². The van der Waals surface area contributed by atoms with Crippen LogP contribution in [0.2, 0.25) is 0 Å². The third-order valence-electron chi connectivity index (χ3n) is 1.35. The Kier molecular flexibility index (Phi) is 3.41. The van der Waals surface area contributed by atoms with E-state index in [1.165, 1.54) is 11.3 Å². The van der Waals surface area contributed by atoms with Crippen LogP contribution in [0.15, 0.2) is 6.20 Å². The molecule has 5 heteroatoms. The van der Waals surface area contributed by atoms with E-state index in [-0.39, 0.29) is 12.3 Å². The topological polar surface area (TPSA) is 65.8 Å². The van der Waals surface area contributed by atoms with Crippen molar-refractivity contribution >= 4 is 17.2 Å². The Hall–Kier alpha value is -1.41. The Bertz CT molecular complexity index is 339. The third kappa shape index (κ3) is 3.22. The molecular weight excluding hydrogens is 186 g/mol. The Morgan fingerprint density at radius 1 is 1.85 bits per heavy atom. The first-order chi connectivity index (χ1) is 6.22. The van der Waals surface area contributed by atoms with Gasteiger partial charge in [0.05, 0.1) is 12.6 Å². The maximum atomic E-state index is 10.9. The van der Waals surface area contributed by atoms with Crippen LogP contribution in [0.1, 0.15) is 16.3 Å². The highest BCUT2D eigenvalue weighted by atomic mass is 32.1. The van der Waals surface area contributed by atoms with Gasteiger partial charge in [-0.05, 0) is 6.92 Å². The number of carbonyl (C=O) groups is 1. The molecule has 0 saturated carbocycles. The largest absolute Gasteiger partial charge is 0.349 e. The zero-order valence-corrected chi connectivity index (χ0v) is 8.02. The Balaban J connectivity index is 2.36. The smallest absolute Gasteiger partial charge is 0.234 e. The van der Waals surface area contributed by atoms with E-state index < -0.39 is 0 Å². The van der Waals surface area contributed by atoms with Gasteiger partial charge in [-0.15, -0.1) is 11.3 Å². The lowest BCUT2D eigenvalue weighted by Crippen LogP contribution is -2.21. The van der Waals surface area contributed by atoms with E-state index in [0.717, 1.165) is 9.88 Å². The maximum absolute atomic E-state index is 10.9. The molecule has 1 aromatic heterocycles. The third-order valence-corrected chi connectivity index (χ3v) is 2.26. The van der Waals surface area contributed by atoms with Gasteiger partial charge >= 0.3 is 0 Å². The van der Waals surface area contributed by atoms with E-state index in [1.807, 2.05) is 6.92 Å². The monoisotopic (exact) mass is 195 g/mol. The van der Waals surface area contributed by atoms with Crippen molar-refractivity contribution in [3.63, 3.8) is 0 Å². The normalized spacial score (nSPS) is 9.23. The van der Waals surface area contributed by atoms with E-state index in [0.29, 0.717) is 6.54 Å². The van der Waals surface area contributed by atoms with Gasteiger partial charge in [-0.1, -0.05) is 0 Å². The first kappa shape index (κ1) is 9.68. The lowest BCUT2D eigenvalue weighted by atomic mass is 10.4. The molecular formula is C8H9N3OS. The van der Waals surface area contributed by atoms with Gasteiger partial charge in [0.25, 0.3) is 0 Å². The summed E-state index contributed by atoms with van der Waals surface area (Å²) in [5, 5.41) is 11.7. The minimum Gasteiger partial charge on any atom is -0.349 e. The number of nitriles is 1. The van der Waals surface area contributed by atoms with Gasteiger partial charge in [-0.2, -0.15) is 5.26 Å². The summed E-state index contributed by atoms with van der Waals surface area (Å²) < 4.78 is 0. The zero-order valence-electron chi connectivity index (χ0n) is 7.20. The number of hydrogen-bond donors (Lipinski definition) is 1. The van der Waals surface area contributed by atoms with Crippen LogP contribution in [0.3, 0.4) is 0 Å². The summed E-state index contributed by atoms with van der Waals surface area (Å²) in [5.41, 5.74) is 0. The van der Waals surface area contributed by atoms with Gasteiger partial charge in [0, 0.05) is 11.1 Å². The molecule has 68 valence electrons. The fourth-order valence-electron chi connectivity index (χ4n) is 0.792. The van der Waals surface area contributed by atoms with Gasteiger partial charge in [-0.25, -0.2) is 4.98 Å². The average molecular weight is 195 g/mol. The fourth-order valence-corrected chi connectivity index (χ4v) is 1.52. The average Bonchev–Trinajstić information content (AvgIpc) is 2.49. The van der Waals surface area contributed by atoms with Gasteiger partial charge < -0.3 is 5.32 Å². The lowest BCUT2D eigenvalue weighted by Gasteiger charge is -1.97. The molecule has 1 heterocycles. The molecule has 0 fully saturated rings. The van der Waals surface area contributed by atoms with Crippen LogP contribution in [0.4, 0.5) is 0 Å². The highest BCUT2D eigenvalue weighted by Crippen LogP contribution is 2.10. The zero-order chi connectivity index (χ0) is 9.68. The van der Waals surface area contributed by atoms with E-state index in [4.69, 9.17) is 5.26 Å². The van der Waals surface area contributed by atoms with Gasteiger partial charge in [-0.3, -0.25) is 4.79 Å². The second kappa shape index (κ2) is 4.58. The molecule has 1 N–H and O–H groups in total. The molecule has 13 heavy (non-hydrogen) atoms. The summed E-state index contributed by atoms with van der Waals surface area (Å²) in [7, 11) is 0. The number of aryl methyl sites for hydroxylation is 1. The number of carbonyl (C=O) groups excluding carboxylic acids is 1. The van der Waals surface area contributed by atoms with Gasteiger partial charge in [0.2, 0.25) is 5.91 Å². The van der Waals surface area contributed by atoms with E-state index in [2.05, 4.69) is 10.3 Å². The number of nitrogens with one attached hydrogen (secondary N) is 1. The quantitative estimate of drug-likeness (QED) is 0.781. The Labute approximate surface area is 80.2 Å². The molecule has 1 amide bonds. The van der Waals surface area contributed by atoms with Crippen molar-refractivity contribution in [3.8, 4) is 6.07 Å². The summed E-state index contributed by atoms with van der Waals surface area (Å²) in [4.78, 5) is 16.1. The number of hydrogen-bond acceptors (Lipinski definition) is 4. The SMILES string of the molecule is Cc1cnc(CNC(=O)CC#N)s1. The number of amides is 1. The number of rotatable bonds is 3. The van der Waals surface area contributed by atoms with E-state index in [9.17, 15) is 4.79 Å². The first-order valence-electron chi connectivity index (χ1n) is 3.77. The van der Waals surface area contributed by atoms with Crippen LogP contribution in [-0.2, 0) is 11.3 Å². The first-order valence-corrected chi connectivity index (χ1v) is 4.59. The standard InChI is InChI=1S/C8H9N3OS/c1-6-4-11-8(13-6)5-10-7(12)2-3-9/h4H,2,5H2,1H3,(H,10,12). The predicted molar refractivity (Wildman–Crippen MR) is 48.9 cm³/mol. The molecule has 0 aliphatic heterocycles. The number of nitrogens with zero attached hydrogens (tertiary/aromatic N) is 2. The molecule has 0 radical (unpaired) electrons. The Morgan fingerprint density at radius 2 is 2.62 bits per heavy atom. The molecule has 1 rings (SSSR count). The molecule has 0 unspecified atom stereocenters. The van der Waals surface area contributed by atoms with Crippen molar-refractivity contribution in [2.45, 2.75) is 19.9 Å². The van der Waals surface area contributed by atoms with Crippen LogP contribution in [0.25, 0.3) is 0 Å². The van der Waals surface area contributed by atoms with Crippen LogP contribution in [0.5, 0.6) is 0 Å². The van der Waals surface area contributed by atoms with Crippen molar-refractivity contribution in [3.05, 3.63) is 16.1 Å². The van der Waals surface area contributed by atoms with Crippen molar-refractivity contribution in [1.82, 2.24) is 10.3 Å². The Morgan fingerprint density at radius 3 is 3.15 bits per heavy atom. The van der Waals surface area contributed by atoms with Crippen molar-refractivity contribution in [1.29, 1.82) is 5.26 Å². The number of aromatic nitrogens is 1. The van der Waals surface area contributed by atoms with E-state index in [1.54, 1.807) is 12.3 Å². The van der Waals surface area contributed by atoms with Crippen molar-refractivity contribution in [2.24, 2.45) is 0 Å². The molecule has 1 aromatic rings. The molecule has 0 spiro atoms. The van der Waals surface area contributed by atoms with Crippen molar-refractivity contribution in [2.75, 3.05) is 0 Å². The fraction of sp³-hybridized carbons (Fsp3) is 0.375. The molecule has 0 aliphatic rings. The molecule has 0 atom stereocenters.